The van der Waals surface area contributed by atoms with E-state index in [2.05, 4.69) is 6.92 Å². The van der Waals surface area contributed by atoms with Gasteiger partial charge < -0.3 is 4.74 Å². The Kier molecular flexibility index (Phi) is 0.571. The van der Waals surface area contributed by atoms with Gasteiger partial charge in [-0.25, -0.2) is 0 Å². The van der Waals surface area contributed by atoms with Crippen molar-refractivity contribution < 1.29 is 4.74 Å². The molecule has 1 heterocycles. The summed E-state index contributed by atoms with van der Waals surface area (Å²) in [7, 11) is 0. The third-order valence-corrected chi connectivity index (χ3v) is 2.32. The molecule has 1 aliphatic carbocycles. The lowest BCUT2D eigenvalue weighted by atomic mass is 9.69. The summed E-state index contributed by atoms with van der Waals surface area (Å²) in [5.41, 5.74) is 0. The lowest BCUT2D eigenvalue weighted by Gasteiger charge is -2.51. The Hall–Kier alpha value is -0.0400. The number of hydrogen-bond acceptors (Lipinski definition) is 1. The van der Waals surface area contributed by atoms with E-state index in [0.29, 0.717) is 6.10 Å². The van der Waals surface area contributed by atoms with Crippen LogP contribution in [0.25, 0.3) is 0 Å². The van der Waals surface area contributed by atoms with Crippen LogP contribution in [0, 0.1) is 11.8 Å². The average molecular weight is 98.1 g/mol. The zero-order valence-electron chi connectivity index (χ0n) is 4.55. The molecule has 3 unspecified atom stereocenters. The van der Waals surface area contributed by atoms with E-state index in [4.69, 9.17) is 4.74 Å². The molecule has 0 radical (unpaired) electrons. The lowest BCUT2D eigenvalue weighted by Crippen LogP contribution is -2.53. The van der Waals surface area contributed by atoms with Crippen molar-refractivity contribution in [3.05, 3.63) is 0 Å². The van der Waals surface area contributed by atoms with Gasteiger partial charge in [0.05, 0.1) is 12.7 Å². The highest BCUT2D eigenvalue weighted by Gasteiger charge is 2.45. The molecule has 0 bridgehead atoms. The highest BCUT2D eigenvalue weighted by atomic mass is 16.5. The number of fused-ring (bicyclic) bond motifs is 1. The fraction of sp³-hybridized carbons (Fsp3) is 1.00. The molecule has 2 fully saturated rings. The maximum atomic E-state index is 5.20. The SMILES string of the molecule is CC1CC2OCC12. The summed E-state index contributed by atoms with van der Waals surface area (Å²) in [4.78, 5) is 0. The molecule has 0 aromatic carbocycles. The van der Waals surface area contributed by atoms with Crippen molar-refractivity contribution in [2.75, 3.05) is 6.61 Å². The normalized spacial score (nSPS) is 57.0. The van der Waals surface area contributed by atoms with Crippen LogP contribution >= 0.6 is 0 Å². The van der Waals surface area contributed by atoms with E-state index in [1.54, 1.807) is 0 Å². The first-order chi connectivity index (χ1) is 3.38. The van der Waals surface area contributed by atoms with Crippen molar-refractivity contribution in [1.82, 2.24) is 0 Å². The molecule has 2 rings (SSSR count). The van der Waals surface area contributed by atoms with Crippen LogP contribution in [0.5, 0.6) is 0 Å². The van der Waals surface area contributed by atoms with Crippen LogP contribution in [0.3, 0.4) is 0 Å². The topological polar surface area (TPSA) is 9.23 Å². The summed E-state index contributed by atoms with van der Waals surface area (Å²) in [6.45, 7) is 3.36. The molecule has 2 aliphatic rings. The van der Waals surface area contributed by atoms with Crippen LogP contribution in [-0.2, 0) is 4.74 Å². The second-order valence-corrected chi connectivity index (χ2v) is 2.75. The fourth-order valence-electron chi connectivity index (χ4n) is 1.46. The Morgan fingerprint density at radius 1 is 1.57 bits per heavy atom. The van der Waals surface area contributed by atoms with Crippen LogP contribution in [0.1, 0.15) is 13.3 Å². The van der Waals surface area contributed by atoms with E-state index in [0.717, 1.165) is 18.4 Å². The molecule has 0 amide bonds. The van der Waals surface area contributed by atoms with Gasteiger partial charge in [0, 0.05) is 5.92 Å². The van der Waals surface area contributed by atoms with Crippen molar-refractivity contribution in [3.8, 4) is 0 Å². The molecule has 40 valence electrons. The Morgan fingerprint density at radius 2 is 2.43 bits per heavy atom. The van der Waals surface area contributed by atoms with E-state index in [-0.39, 0.29) is 0 Å². The van der Waals surface area contributed by atoms with Gasteiger partial charge in [-0.1, -0.05) is 6.92 Å². The van der Waals surface area contributed by atoms with Crippen LogP contribution < -0.4 is 0 Å². The smallest absolute Gasteiger partial charge is 0.0630 e. The number of hydrogen-bond donors (Lipinski definition) is 0. The zero-order valence-corrected chi connectivity index (χ0v) is 4.55. The molecule has 0 aromatic heterocycles. The van der Waals surface area contributed by atoms with E-state index >= 15 is 0 Å². The minimum atomic E-state index is 0.690. The first-order valence-corrected chi connectivity index (χ1v) is 2.99. The van der Waals surface area contributed by atoms with Gasteiger partial charge in [-0.05, 0) is 12.3 Å². The van der Waals surface area contributed by atoms with E-state index < -0.39 is 0 Å². The average Bonchev–Trinajstić information content (AvgIpc) is 1.59. The van der Waals surface area contributed by atoms with E-state index in [1.807, 2.05) is 0 Å². The first-order valence-electron chi connectivity index (χ1n) is 2.99. The summed E-state index contributed by atoms with van der Waals surface area (Å²) in [5, 5.41) is 0. The number of rotatable bonds is 0. The van der Waals surface area contributed by atoms with Gasteiger partial charge in [0.1, 0.15) is 0 Å². The third-order valence-electron chi connectivity index (χ3n) is 2.32. The standard InChI is InChI=1S/C6H10O/c1-4-2-6-5(4)3-7-6/h4-6H,2-3H2,1H3. The summed E-state index contributed by atoms with van der Waals surface area (Å²) in [6, 6.07) is 0. The van der Waals surface area contributed by atoms with Crippen molar-refractivity contribution in [1.29, 1.82) is 0 Å². The monoisotopic (exact) mass is 98.1 g/mol. The molecule has 1 heteroatoms. The van der Waals surface area contributed by atoms with Crippen LogP contribution in [0.2, 0.25) is 0 Å². The van der Waals surface area contributed by atoms with Crippen molar-refractivity contribution in [2.45, 2.75) is 19.4 Å². The van der Waals surface area contributed by atoms with E-state index in [9.17, 15) is 0 Å². The molecule has 0 aromatic rings. The van der Waals surface area contributed by atoms with Crippen LogP contribution in [0.4, 0.5) is 0 Å². The Morgan fingerprint density at radius 3 is 2.43 bits per heavy atom. The summed E-state index contributed by atoms with van der Waals surface area (Å²) in [5.74, 6) is 1.93. The maximum absolute atomic E-state index is 5.20. The molecule has 7 heavy (non-hydrogen) atoms. The lowest BCUT2D eigenvalue weighted by molar-refractivity contribution is -0.205. The van der Waals surface area contributed by atoms with Gasteiger partial charge >= 0.3 is 0 Å². The molecule has 0 spiro atoms. The molecule has 0 N–H and O–H groups in total. The number of ether oxygens (including phenoxy) is 1. The summed E-state index contributed by atoms with van der Waals surface area (Å²) in [6.07, 6.45) is 2.01. The van der Waals surface area contributed by atoms with Crippen molar-refractivity contribution in [3.63, 3.8) is 0 Å². The molecule has 1 saturated heterocycles. The Labute approximate surface area is 43.7 Å². The van der Waals surface area contributed by atoms with Crippen LogP contribution in [-0.4, -0.2) is 12.7 Å². The van der Waals surface area contributed by atoms with Gasteiger partial charge in [0.2, 0.25) is 0 Å². The van der Waals surface area contributed by atoms with Crippen molar-refractivity contribution >= 4 is 0 Å². The van der Waals surface area contributed by atoms with E-state index in [1.165, 1.54) is 6.42 Å². The molecule has 1 nitrogen and oxygen atoms in total. The summed E-state index contributed by atoms with van der Waals surface area (Å²) >= 11 is 0. The molecule has 1 aliphatic heterocycles. The molecule has 3 atom stereocenters. The van der Waals surface area contributed by atoms with Gasteiger partial charge in [-0.3, -0.25) is 0 Å². The Bertz CT molecular complexity index is 86.2. The molecule has 1 saturated carbocycles. The zero-order chi connectivity index (χ0) is 4.85. The second-order valence-electron chi connectivity index (χ2n) is 2.75. The summed E-state index contributed by atoms with van der Waals surface area (Å²) < 4.78 is 5.20. The second kappa shape index (κ2) is 1.03. The highest BCUT2D eigenvalue weighted by molar-refractivity contribution is 4.93. The van der Waals surface area contributed by atoms with Gasteiger partial charge in [-0.2, -0.15) is 0 Å². The highest BCUT2D eigenvalue weighted by Crippen LogP contribution is 2.43. The first kappa shape index (κ1) is 3.90. The van der Waals surface area contributed by atoms with Crippen molar-refractivity contribution in [2.24, 2.45) is 11.8 Å². The fourth-order valence-corrected chi connectivity index (χ4v) is 1.46. The quantitative estimate of drug-likeness (QED) is 0.440. The molecular weight excluding hydrogens is 88.1 g/mol. The minimum absolute atomic E-state index is 0.690. The minimum Gasteiger partial charge on any atom is -0.377 e. The van der Waals surface area contributed by atoms with Crippen LogP contribution in [0.15, 0.2) is 0 Å². The predicted octanol–water partition coefficient (Wildman–Crippen LogP) is 1.04. The molecular formula is C6H10O. The third kappa shape index (κ3) is 0.325. The largest absolute Gasteiger partial charge is 0.377 e. The maximum Gasteiger partial charge on any atom is 0.0630 e. The van der Waals surface area contributed by atoms with Gasteiger partial charge in [-0.15, -0.1) is 0 Å². The van der Waals surface area contributed by atoms with Gasteiger partial charge in [0.25, 0.3) is 0 Å². The Balaban J connectivity index is 1.99. The van der Waals surface area contributed by atoms with Gasteiger partial charge in [0.15, 0.2) is 0 Å². The predicted molar refractivity (Wildman–Crippen MR) is 27.0 cm³/mol.